The summed E-state index contributed by atoms with van der Waals surface area (Å²) in [5, 5.41) is 7.68. The minimum atomic E-state index is 1.13. The lowest BCUT2D eigenvalue weighted by Crippen LogP contribution is -2.14. The number of nitrogens with zero attached hydrogens (tertiary/aromatic N) is 1. The Morgan fingerprint density at radius 2 is 0.625 bits per heavy atom. The summed E-state index contributed by atoms with van der Waals surface area (Å²) in [5.41, 5.74) is 13.0. The molecule has 0 amide bonds. The van der Waals surface area contributed by atoms with Crippen molar-refractivity contribution in [3.63, 3.8) is 0 Å². The number of fused-ring (bicyclic) bond motifs is 8. The molecule has 1 aliphatic rings. The molecule has 0 aromatic heterocycles. The molecule has 11 rings (SSSR count). The van der Waals surface area contributed by atoms with Crippen LogP contribution in [-0.2, 0) is 0 Å². The van der Waals surface area contributed by atoms with Crippen LogP contribution in [0.1, 0.15) is 0 Å². The third-order valence-electron chi connectivity index (χ3n) is 11.2. The summed E-state index contributed by atoms with van der Waals surface area (Å²) >= 11 is 1.84. The normalized spacial score (nSPS) is 12.2. The lowest BCUT2D eigenvalue weighted by molar-refractivity contribution is 1.17. The molecule has 0 atom stereocenters. The smallest absolute Gasteiger partial charge is 0.0601 e. The average molecular weight is 730 g/mol. The Morgan fingerprint density at radius 3 is 1.14 bits per heavy atom. The van der Waals surface area contributed by atoms with Crippen LogP contribution in [0.2, 0.25) is 0 Å². The van der Waals surface area contributed by atoms with Gasteiger partial charge in [0.05, 0.1) is 11.4 Å². The van der Waals surface area contributed by atoms with E-state index in [0.29, 0.717) is 0 Å². The first-order chi connectivity index (χ1) is 27.7. The number of para-hydroxylation sites is 2. The highest BCUT2D eigenvalue weighted by atomic mass is 32.2. The third-order valence-corrected chi connectivity index (χ3v) is 12.3. The van der Waals surface area contributed by atoms with Crippen molar-refractivity contribution in [2.24, 2.45) is 0 Å². The molecule has 0 fully saturated rings. The molecule has 2 heteroatoms. The van der Waals surface area contributed by atoms with Crippen molar-refractivity contribution in [3.8, 4) is 44.5 Å². The first kappa shape index (κ1) is 32.6. The van der Waals surface area contributed by atoms with Gasteiger partial charge in [-0.05, 0) is 144 Å². The Morgan fingerprint density at radius 1 is 0.250 bits per heavy atom. The van der Waals surface area contributed by atoms with Crippen LogP contribution in [0.15, 0.2) is 222 Å². The van der Waals surface area contributed by atoms with Gasteiger partial charge in [0.1, 0.15) is 0 Å². The lowest BCUT2D eigenvalue weighted by atomic mass is 9.90. The predicted octanol–water partition coefficient (Wildman–Crippen LogP) is 15.7. The van der Waals surface area contributed by atoms with Crippen molar-refractivity contribution in [2.75, 3.05) is 4.90 Å². The molecule has 0 spiro atoms. The third kappa shape index (κ3) is 5.57. The maximum Gasteiger partial charge on any atom is 0.0601 e. The van der Waals surface area contributed by atoms with E-state index in [9.17, 15) is 0 Å². The standard InChI is InChI=1S/C54H35NS/c1-3-15-36(16-4-1)39-29-40(37-17-5-2-6-18-37)31-41(30-39)43-32-42(33-44(34-43)55-51-23-11-13-25-53(51)56-54-26-14-12-24-52(54)55)38-27-28-49-47-21-8-7-19-45(47)46-20-9-10-22-48(46)50(49)35-38/h1-35H. The van der Waals surface area contributed by atoms with Crippen LogP contribution >= 0.6 is 11.8 Å². The monoisotopic (exact) mass is 729 g/mol. The van der Waals surface area contributed by atoms with Crippen molar-refractivity contribution < 1.29 is 0 Å². The Balaban J connectivity index is 1.19. The van der Waals surface area contributed by atoms with E-state index in [1.54, 1.807) is 0 Å². The fourth-order valence-corrected chi connectivity index (χ4v) is 9.59. The summed E-state index contributed by atoms with van der Waals surface area (Å²) in [6.45, 7) is 0. The van der Waals surface area contributed by atoms with Crippen molar-refractivity contribution >= 4 is 61.1 Å². The van der Waals surface area contributed by atoms with E-state index in [0.717, 1.165) is 5.69 Å². The van der Waals surface area contributed by atoms with E-state index in [2.05, 4.69) is 217 Å². The summed E-state index contributed by atoms with van der Waals surface area (Å²) < 4.78 is 0. The topological polar surface area (TPSA) is 3.24 Å². The van der Waals surface area contributed by atoms with E-state index >= 15 is 0 Å². The molecule has 0 bridgehead atoms. The molecule has 10 aromatic rings. The molecule has 0 radical (unpaired) electrons. The van der Waals surface area contributed by atoms with Crippen LogP contribution in [0.4, 0.5) is 17.1 Å². The highest BCUT2D eigenvalue weighted by molar-refractivity contribution is 7.99. The zero-order chi connectivity index (χ0) is 37.0. The van der Waals surface area contributed by atoms with E-state index in [1.807, 2.05) is 11.8 Å². The maximum atomic E-state index is 2.46. The molecule has 0 N–H and O–H groups in total. The fourth-order valence-electron chi connectivity index (χ4n) is 8.53. The Kier molecular flexibility index (Phi) is 7.82. The number of benzene rings is 10. The van der Waals surface area contributed by atoms with Crippen molar-refractivity contribution in [1.29, 1.82) is 0 Å². The molecule has 0 unspecified atom stereocenters. The molecular formula is C54H35NS. The second-order valence-electron chi connectivity index (χ2n) is 14.5. The summed E-state index contributed by atoms with van der Waals surface area (Å²) in [7, 11) is 0. The summed E-state index contributed by atoms with van der Waals surface area (Å²) in [6, 6.07) is 78.0. The SMILES string of the molecule is c1ccc(-c2cc(-c3ccccc3)cc(-c3cc(-c4ccc5c6ccccc6c6ccccc6c5c4)cc(N4c5ccccc5Sc5ccccc54)c3)c2)cc1. The second kappa shape index (κ2) is 13.5. The molecule has 10 aromatic carbocycles. The fraction of sp³-hybridized carbons (Fsp3) is 0. The van der Waals surface area contributed by atoms with Crippen LogP contribution < -0.4 is 4.90 Å². The highest BCUT2D eigenvalue weighted by Crippen LogP contribution is 2.52. The van der Waals surface area contributed by atoms with Crippen LogP contribution in [-0.4, -0.2) is 0 Å². The zero-order valence-electron chi connectivity index (χ0n) is 30.6. The Labute approximate surface area is 331 Å². The van der Waals surface area contributed by atoms with Gasteiger partial charge in [0.2, 0.25) is 0 Å². The Bertz CT molecular complexity index is 2970. The van der Waals surface area contributed by atoms with E-state index < -0.39 is 0 Å². The van der Waals surface area contributed by atoms with Gasteiger partial charge in [0, 0.05) is 15.5 Å². The molecule has 1 aliphatic heterocycles. The zero-order valence-corrected chi connectivity index (χ0v) is 31.4. The number of anilines is 3. The Hall–Kier alpha value is -6.87. The predicted molar refractivity (Wildman–Crippen MR) is 240 cm³/mol. The highest BCUT2D eigenvalue weighted by Gasteiger charge is 2.25. The molecular weight excluding hydrogens is 695 g/mol. The summed E-state index contributed by atoms with van der Waals surface area (Å²) in [4.78, 5) is 4.95. The quantitative estimate of drug-likeness (QED) is 0.162. The van der Waals surface area contributed by atoms with Crippen LogP contribution in [0.5, 0.6) is 0 Å². The van der Waals surface area contributed by atoms with E-state index in [-0.39, 0.29) is 0 Å². The van der Waals surface area contributed by atoms with Crippen molar-refractivity contribution in [2.45, 2.75) is 9.79 Å². The number of hydrogen-bond donors (Lipinski definition) is 0. The minimum Gasteiger partial charge on any atom is -0.308 e. The van der Waals surface area contributed by atoms with Crippen LogP contribution in [0.25, 0.3) is 76.8 Å². The summed E-state index contributed by atoms with van der Waals surface area (Å²) in [6.07, 6.45) is 0. The van der Waals surface area contributed by atoms with Crippen LogP contribution in [0.3, 0.4) is 0 Å². The van der Waals surface area contributed by atoms with E-state index in [4.69, 9.17) is 0 Å². The first-order valence-corrected chi connectivity index (χ1v) is 20.0. The molecule has 0 saturated carbocycles. The van der Waals surface area contributed by atoms with Gasteiger partial charge in [-0.25, -0.2) is 0 Å². The largest absolute Gasteiger partial charge is 0.308 e. The van der Waals surface area contributed by atoms with Gasteiger partial charge in [-0.15, -0.1) is 0 Å². The second-order valence-corrected chi connectivity index (χ2v) is 15.6. The molecule has 1 nitrogen and oxygen atoms in total. The number of hydrogen-bond acceptors (Lipinski definition) is 2. The van der Waals surface area contributed by atoms with Gasteiger partial charge >= 0.3 is 0 Å². The van der Waals surface area contributed by atoms with Crippen LogP contribution in [0, 0.1) is 0 Å². The molecule has 0 saturated heterocycles. The van der Waals surface area contributed by atoms with Gasteiger partial charge < -0.3 is 4.90 Å². The van der Waals surface area contributed by atoms with Gasteiger partial charge in [0.15, 0.2) is 0 Å². The lowest BCUT2D eigenvalue weighted by Gasteiger charge is -2.33. The molecule has 1 heterocycles. The molecule has 262 valence electrons. The first-order valence-electron chi connectivity index (χ1n) is 19.2. The van der Waals surface area contributed by atoms with Gasteiger partial charge in [-0.2, -0.15) is 0 Å². The minimum absolute atomic E-state index is 1.13. The molecule has 0 aliphatic carbocycles. The van der Waals surface area contributed by atoms with Gasteiger partial charge in [0.25, 0.3) is 0 Å². The maximum absolute atomic E-state index is 2.46. The van der Waals surface area contributed by atoms with E-state index in [1.165, 1.54) is 98.0 Å². The number of rotatable bonds is 5. The van der Waals surface area contributed by atoms with Crippen molar-refractivity contribution in [1.82, 2.24) is 0 Å². The molecule has 56 heavy (non-hydrogen) atoms. The summed E-state index contributed by atoms with van der Waals surface area (Å²) in [5.74, 6) is 0. The van der Waals surface area contributed by atoms with Crippen molar-refractivity contribution in [3.05, 3.63) is 212 Å². The van der Waals surface area contributed by atoms with Gasteiger partial charge in [-0.1, -0.05) is 157 Å². The van der Waals surface area contributed by atoms with Gasteiger partial charge in [-0.3, -0.25) is 0 Å². The average Bonchev–Trinajstić information content (AvgIpc) is 3.28.